The number of ether oxygens (including phenoxy) is 1. The topological polar surface area (TPSA) is 64.9 Å². The van der Waals surface area contributed by atoms with Crippen molar-refractivity contribution >= 4 is 11.4 Å². The van der Waals surface area contributed by atoms with Crippen LogP contribution >= 0.6 is 0 Å². The summed E-state index contributed by atoms with van der Waals surface area (Å²) >= 11 is 0. The fourth-order valence-corrected chi connectivity index (χ4v) is 2.53. The van der Waals surface area contributed by atoms with Gasteiger partial charge in [0.1, 0.15) is 6.04 Å². The maximum absolute atomic E-state index is 12.7. The van der Waals surface area contributed by atoms with Crippen LogP contribution in [-0.2, 0) is 10.9 Å². The highest BCUT2D eigenvalue weighted by molar-refractivity contribution is 5.77. The second-order valence-electron chi connectivity index (χ2n) is 5.87. The average Bonchev–Trinajstić information content (AvgIpc) is 3.02. The second kappa shape index (κ2) is 6.41. The minimum absolute atomic E-state index is 0.0892. The van der Waals surface area contributed by atoms with E-state index < -0.39 is 11.7 Å². The zero-order valence-corrected chi connectivity index (χ0v) is 13.4. The molecular weight excluding hydrogens is 347 g/mol. The van der Waals surface area contributed by atoms with Crippen molar-refractivity contribution in [3.8, 4) is 11.4 Å². The molecule has 0 aliphatic carbocycles. The van der Waals surface area contributed by atoms with Crippen LogP contribution in [-0.4, -0.2) is 33.4 Å². The summed E-state index contributed by atoms with van der Waals surface area (Å²) in [5, 5.41) is 15.6. The van der Waals surface area contributed by atoms with Gasteiger partial charge in [0.25, 0.3) is 0 Å². The molecule has 1 aliphatic heterocycles. The molecule has 1 aliphatic rings. The Balaban J connectivity index is 1.59. The molecule has 4 rings (SSSR count). The number of rotatable bonds is 4. The number of anilines is 2. The van der Waals surface area contributed by atoms with E-state index in [4.69, 9.17) is 4.74 Å². The van der Waals surface area contributed by atoms with Crippen LogP contribution in [0.3, 0.4) is 0 Å². The van der Waals surface area contributed by atoms with E-state index in [1.54, 1.807) is 6.07 Å². The van der Waals surface area contributed by atoms with E-state index >= 15 is 0 Å². The van der Waals surface area contributed by atoms with Crippen LogP contribution in [0.5, 0.6) is 0 Å². The molecule has 0 saturated carbocycles. The van der Waals surface area contributed by atoms with E-state index in [1.165, 1.54) is 16.9 Å². The van der Waals surface area contributed by atoms with E-state index in [9.17, 15) is 13.2 Å². The van der Waals surface area contributed by atoms with Gasteiger partial charge in [-0.15, -0.1) is 10.2 Å². The SMILES string of the molecule is FC(F)(F)c1ccc(Nc2ccccc2-c2nnn(C3COC3)n2)cc1. The van der Waals surface area contributed by atoms with Gasteiger partial charge in [-0.2, -0.15) is 18.0 Å². The fourth-order valence-electron chi connectivity index (χ4n) is 2.53. The number of benzene rings is 2. The second-order valence-corrected chi connectivity index (χ2v) is 5.87. The van der Waals surface area contributed by atoms with E-state index in [-0.39, 0.29) is 6.04 Å². The summed E-state index contributed by atoms with van der Waals surface area (Å²) in [4.78, 5) is 1.52. The van der Waals surface area contributed by atoms with Gasteiger partial charge in [-0.05, 0) is 41.6 Å². The Hall–Kier alpha value is -2.94. The lowest BCUT2D eigenvalue weighted by molar-refractivity contribution is -0.137. The average molecular weight is 361 g/mol. The summed E-state index contributed by atoms with van der Waals surface area (Å²) in [5.74, 6) is 0.437. The van der Waals surface area contributed by atoms with Crippen molar-refractivity contribution in [2.75, 3.05) is 18.5 Å². The lowest BCUT2D eigenvalue weighted by atomic mass is 10.1. The van der Waals surface area contributed by atoms with E-state index in [0.29, 0.717) is 36.0 Å². The Morgan fingerprint density at radius 3 is 2.42 bits per heavy atom. The normalized spacial score (nSPS) is 14.9. The molecule has 26 heavy (non-hydrogen) atoms. The molecule has 2 heterocycles. The van der Waals surface area contributed by atoms with E-state index in [0.717, 1.165) is 12.1 Å². The Labute approximate surface area is 146 Å². The smallest absolute Gasteiger partial charge is 0.377 e. The van der Waals surface area contributed by atoms with Gasteiger partial charge in [-0.3, -0.25) is 0 Å². The van der Waals surface area contributed by atoms with Crippen LogP contribution in [0.1, 0.15) is 11.6 Å². The largest absolute Gasteiger partial charge is 0.416 e. The first-order valence-corrected chi connectivity index (χ1v) is 7.91. The Bertz CT molecular complexity index is 903. The van der Waals surface area contributed by atoms with E-state index in [2.05, 4.69) is 20.7 Å². The molecule has 134 valence electrons. The van der Waals surface area contributed by atoms with Crippen LogP contribution in [0.25, 0.3) is 11.4 Å². The first-order chi connectivity index (χ1) is 12.5. The first-order valence-electron chi connectivity index (χ1n) is 7.91. The van der Waals surface area contributed by atoms with Crippen LogP contribution in [0.4, 0.5) is 24.5 Å². The molecule has 2 aromatic carbocycles. The molecule has 0 radical (unpaired) electrons. The molecule has 0 spiro atoms. The van der Waals surface area contributed by atoms with Crippen molar-refractivity contribution in [2.45, 2.75) is 12.2 Å². The molecule has 0 amide bonds. The van der Waals surface area contributed by atoms with Crippen LogP contribution < -0.4 is 5.32 Å². The van der Waals surface area contributed by atoms with Crippen molar-refractivity contribution in [3.63, 3.8) is 0 Å². The van der Waals surface area contributed by atoms with Gasteiger partial charge in [-0.25, -0.2) is 0 Å². The maximum atomic E-state index is 12.7. The number of tetrazole rings is 1. The number of nitrogens with one attached hydrogen (secondary N) is 1. The summed E-state index contributed by atoms with van der Waals surface area (Å²) in [7, 11) is 0. The van der Waals surface area contributed by atoms with Gasteiger partial charge in [0, 0.05) is 16.9 Å². The van der Waals surface area contributed by atoms with Gasteiger partial charge in [-0.1, -0.05) is 12.1 Å². The summed E-state index contributed by atoms with van der Waals surface area (Å²) in [6.07, 6.45) is -4.36. The molecule has 1 aromatic heterocycles. The zero-order valence-electron chi connectivity index (χ0n) is 13.4. The summed E-state index contributed by atoms with van der Waals surface area (Å²) < 4.78 is 43.2. The highest BCUT2D eigenvalue weighted by atomic mass is 19.4. The standard InChI is InChI=1S/C17H14F3N5O/c18-17(19,20)11-5-7-12(8-6-11)21-15-4-2-1-3-14(15)16-22-24-25(23-16)13-9-26-10-13/h1-8,13,21H,9-10H2. The van der Waals surface area contributed by atoms with Crippen LogP contribution in [0, 0.1) is 0 Å². The first kappa shape index (κ1) is 16.5. The van der Waals surface area contributed by atoms with Crippen molar-refractivity contribution in [3.05, 3.63) is 54.1 Å². The monoisotopic (exact) mass is 361 g/mol. The maximum Gasteiger partial charge on any atom is 0.416 e. The van der Waals surface area contributed by atoms with Gasteiger partial charge < -0.3 is 10.1 Å². The fraction of sp³-hybridized carbons (Fsp3) is 0.235. The number of halogens is 3. The third kappa shape index (κ3) is 3.25. The summed E-state index contributed by atoms with van der Waals surface area (Å²) in [6.45, 7) is 1.11. The zero-order chi connectivity index (χ0) is 18.1. The molecule has 6 nitrogen and oxygen atoms in total. The third-order valence-electron chi connectivity index (χ3n) is 4.03. The number of para-hydroxylation sites is 1. The molecule has 3 aromatic rings. The van der Waals surface area contributed by atoms with Crippen LogP contribution in [0.2, 0.25) is 0 Å². The molecule has 0 unspecified atom stereocenters. The number of nitrogens with zero attached hydrogens (tertiary/aromatic N) is 4. The highest BCUT2D eigenvalue weighted by Gasteiger charge is 2.30. The van der Waals surface area contributed by atoms with Gasteiger partial charge in [0.15, 0.2) is 0 Å². The van der Waals surface area contributed by atoms with Gasteiger partial charge in [0.2, 0.25) is 5.82 Å². The van der Waals surface area contributed by atoms with E-state index in [1.807, 2.05) is 18.2 Å². The molecule has 1 fully saturated rings. The number of alkyl halides is 3. The lowest BCUT2D eigenvalue weighted by Crippen LogP contribution is -2.32. The van der Waals surface area contributed by atoms with Crippen molar-refractivity contribution in [1.82, 2.24) is 20.2 Å². The van der Waals surface area contributed by atoms with Crippen molar-refractivity contribution in [1.29, 1.82) is 0 Å². The molecular formula is C17H14F3N5O. The quantitative estimate of drug-likeness (QED) is 0.768. The van der Waals surface area contributed by atoms with Gasteiger partial charge >= 0.3 is 6.18 Å². The third-order valence-corrected chi connectivity index (χ3v) is 4.03. The Kier molecular flexibility index (Phi) is 4.08. The lowest BCUT2D eigenvalue weighted by Gasteiger charge is -2.23. The van der Waals surface area contributed by atoms with Gasteiger partial charge in [0.05, 0.1) is 18.8 Å². The summed E-state index contributed by atoms with van der Waals surface area (Å²) in [5.41, 5.74) is 1.23. The summed E-state index contributed by atoms with van der Waals surface area (Å²) in [6, 6.07) is 12.2. The molecule has 0 bridgehead atoms. The Morgan fingerprint density at radius 1 is 1.04 bits per heavy atom. The predicted molar refractivity (Wildman–Crippen MR) is 87.8 cm³/mol. The minimum atomic E-state index is -4.36. The molecule has 0 atom stereocenters. The molecule has 9 heteroatoms. The number of hydrogen-bond acceptors (Lipinski definition) is 5. The molecule has 1 saturated heterocycles. The Morgan fingerprint density at radius 2 is 1.77 bits per heavy atom. The van der Waals surface area contributed by atoms with Crippen molar-refractivity contribution < 1.29 is 17.9 Å². The number of hydrogen-bond donors (Lipinski definition) is 1. The highest BCUT2D eigenvalue weighted by Crippen LogP contribution is 2.32. The number of aromatic nitrogens is 4. The minimum Gasteiger partial charge on any atom is -0.377 e. The van der Waals surface area contributed by atoms with Crippen LogP contribution in [0.15, 0.2) is 48.5 Å². The van der Waals surface area contributed by atoms with Crippen molar-refractivity contribution in [2.24, 2.45) is 0 Å². The predicted octanol–water partition coefficient (Wildman–Crippen LogP) is 3.67. The molecule has 1 N–H and O–H groups in total.